The largest absolute Gasteiger partial charge is 0.349 e. The molecule has 6 heteroatoms. The fourth-order valence-electron chi connectivity index (χ4n) is 2.02. The molecule has 4 nitrogen and oxygen atoms in total. The van der Waals surface area contributed by atoms with Gasteiger partial charge in [-0.1, -0.05) is 30.3 Å². The van der Waals surface area contributed by atoms with Gasteiger partial charge in [0.15, 0.2) is 0 Å². The number of aromatic nitrogens is 1. The second-order valence-electron chi connectivity index (χ2n) is 4.66. The molecular formula is C15H20ClN3OS. The number of carbonyl (C=O) groups is 1. The zero-order valence-electron chi connectivity index (χ0n) is 12.1. The van der Waals surface area contributed by atoms with E-state index >= 15 is 0 Å². The predicted octanol–water partition coefficient (Wildman–Crippen LogP) is 3.07. The van der Waals surface area contributed by atoms with Crippen molar-refractivity contribution >= 4 is 29.7 Å². The number of hydrogen-bond acceptors (Lipinski definition) is 4. The van der Waals surface area contributed by atoms with Crippen LogP contribution in [0.15, 0.2) is 30.3 Å². The number of amides is 1. The van der Waals surface area contributed by atoms with E-state index in [0.717, 1.165) is 21.1 Å². The van der Waals surface area contributed by atoms with Crippen molar-refractivity contribution in [1.82, 2.24) is 10.3 Å². The third-order valence-electron chi connectivity index (χ3n) is 3.00. The normalized spacial score (nSPS) is 11.6. The van der Waals surface area contributed by atoms with Gasteiger partial charge in [-0.3, -0.25) is 4.79 Å². The molecule has 1 aromatic heterocycles. The molecule has 0 aliphatic heterocycles. The average Bonchev–Trinajstić information content (AvgIpc) is 2.82. The van der Waals surface area contributed by atoms with Gasteiger partial charge in [-0.2, -0.15) is 0 Å². The Balaban J connectivity index is 0.00000220. The molecule has 0 aliphatic rings. The maximum atomic E-state index is 11.6. The zero-order valence-corrected chi connectivity index (χ0v) is 13.8. The molecule has 0 saturated heterocycles. The Morgan fingerprint density at radius 1 is 1.38 bits per heavy atom. The summed E-state index contributed by atoms with van der Waals surface area (Å²) in [6.45, 7) is 4.32. The van der Waals surface area contributed by atoms with E-state index in [-0.39, 0.29) is 24.4 Å². The molecule has 3 N–H and O–H groups in total. The summed E-state index contributed by atoms with van der Waals surface area (Å²) in [5.41, 5.74) is 7.45. The molecule has 0 saturated carbocycles. The summed E-state index contributed by atoms with van der Waals surface area (Å²) in [6, 6.07) is 10.0. The Bertz CT molecular complexity index is 586. The van der Waals surface area contributed by atoms with E-state index < -0.39 is 0 Å². The van der Waals surface area contributed by atoms with Crippen molar-refractivity contribution in [3.8, 4) is 10.6 Å². The van der Waals surface area contributed by atoms with Gasteiger partial charge in [0, 0.05) is 18.5 Å². The van der Waals surface area contributed by atoms with Crippen LogP contribution in [0.1, 0.15) is 30.0 Å². The Morgan fingerprint density at radius 2 is 2.05 bits per heavy atom. The molecule has 1 amide bonds. The number of nitrogens with two attached hydrogens (primary N) is 1. The van der Waals surface area contributed by atoms with Crippen molar-refractivity contribution in [2.45, 2.75) is 26.3 Å². The van der Waals surface area contributed by atoms with Crippen molar-refractivity contribution in [3.63, 3.8) is 0 Å². The van der Waals surface area contributed by atoms with E-state index in [2.05, 4.69) is 10.3 Å². The third-order valence-corrected chi connectivity index (χ3v) is 4.38. The van der Waals surface area contributed by atoms with Gasteiger partial charge in [-0.15, -0.1) is 23.7 Å². The van der Waals surface area contributed by atoms with Crippen molar-refractivity contribution < 1.29 is 4.79 Å². The van der Waals surface area contributed by atoms with Gasteiger partial charge < -0.3 is 11.1 Å². The molecular weight excluding hydrogens is 306 g/mol. The maximum Gasteiger partial charge on any atom is 0.221 e. The summed E-state index contributed by atoms with van der Waals surface area (Å²) in [7, 11) is 0. The lowest BCUT2D eigenvalue weighted by atomic mass is 10.2. The topological polar surface area (TPSA) is 68.0 Å². The number of carbonyl (C=O) groups excluding carboxylic acids is 1. The van der Waals surface area contributed by atoms with Gasteiger partial charge in [0.1, 0.15) is 5.01 Å². The first kappa shape index (κ1) is 17.6. The van der Waals surface area contributed by atoms with Crippen LogP contribution >= 0.6 is 23.7 Å². The lowest BCUT2D eigenvalue weighted by Gasteiger charge is -2.12. The lowest BCUT2D eigenvalue weighted by Crippen LogP contribution is -2.28. The highest BCUT2D eigenvalue weighted by Gasteiger charge is 2.16. The highest BCUT2D eigenvalue weighted by Crippen LogP contribution is 2.31. The summed E-state index contributed by atoms with van der Waals surface area (Å²) in [6.07, 6.45) is 0.355. The molecule has 1 aromatic carbocycles. The quantitative estimate of drug-likeness (QED) is 0.887. The van der Waals surface area contributed by atoms with Crippen LogP contribution in [0.25, 0.3) is 10.6 Å². The van der Waals surface area contributed by atoms with Gasteiger partial charge in [-0.05, 0) is 13.8 Å². The van der Waals surface area contributed by atoms with Crippen molar-refractivity contribution in [2.24, 2.45) is 5.73 Å². The third kappa shape index (κ3) is 4.52. The monoisotopic (exact) mass is 325 g/mol. The summed E-state index contributed by atoms with van der Waals surface area (Å²) in [5.74, 6) is -0.0194. The SMILES string of the molecule is Cc1nc(-c2ccccc2)sc1C(C)NC(=O)CCN.Cl. The number of halogens is 1. The number of thiazole rings is 1. The molecule has 0 aliphatic carbocycles. The number of hydrogen-bond donors (Lipinski definition) is 2. The van der Waals surface area contributed by atoms with E-state index in [9.17, 15) is 4.79 Å². The van der Waals surface area contributed by atoms with Gasteiger partial charge >= 0.3 is 0 Å². The van der Waals surface area contributed by atoms with Crippen LogP contribution in [0.4, 0.5) is 0 Å². The number of benzene rings is 1. The minimum Gasteiger partial charge on any atom is -0.349 e. The Kier molecular flexibility index (Phi) is 6.81. The first-order valence-electron chi connectivity index (χ1n) is 6.64. The van der Waals surface area contributed by atoms with Crippen LogP contribution in [-0.4, -0.2) is 17.4 Å². The van der Waals surface area contributed by atoms with Crippen LogP contribution in [0.5, 0.6) is 0 Å². The first-order chi connectivity index (χ1) is 9.61. The Labute approximate surface area is 135 Å². The predicted molar refractivity (Wildman–Crippen MR) is 89.8 cm³/mol. The molecule has 0 bridgehead atoms. The standard InChI is InChI=1S/C15H19N3OS.ClH/c1-10(17-13(19)8-9-16)14-11(2)18-15(20-14)12-6-4-3-5-7-12;/h3-7,10H,8-9,16H2,1-2H3,(H,17,19);1H. The smallest absolute Gasteiger partial charge is 0.221 e. The molecule has 21 heavy (non-hydrogen) atoms. The Hall–Kier alpha value is -1.43. The number of aryl methyl sites for hydroxylation is 1. The molecule has 0 spiro atoms. The first-order valence-corrected chi connectivity index (χ1v) is 7.45. The van der Waals surface area contributed by atoms with E-state index in [1.54, 1.807) is 11.3 Å². The minimum atomic E-state index is -0.0380. The summed E-state index contributed by atoms with van der Waals surface area (Å²) >= 11 is 1.62. The lowest BCUT2D eigenvalue weighted by molar-refractivity contribution is -0.121. The second-order valence-corrected chi connectivity index (χ2v) is 5.69. The summed E-state index contributed by atoms with van der Waals surface area (Å²) in [5, 5.41) is 3.94. The second kappa shape index (κ2) is 8.12. The summed E-state index contributed by atoms with van der Waals surface area (Å²) < 4.78 is 0. The highest BCUT2D eigenvalue weighted by molar-refractivity contribution is 7.15. The molecule has 2 rings (SSSR count). The summed E-state index contributed by atoms with van der Waals surface area (Å²) in [4.78, 5) is 17.3. The van der Waals surface area contributed by atoms with Gasteiger partial charge in [0.25, 0.3) is 0 Å². The number of nitrogens with one attached hydrogen (secondary N) is 1. The van der Waals surface area contributed by atoms with Crippen molar-refractivity contribution in [1.29, 1.82) is 0 Å². The molecule has 1 atom stereocenters. The van der Waals surface area contributed by atoms with Crippen molar-refractivity contribution in [2.75, 3.05) is 6.54 Å². The molecule has 1 unspecified atom stereocenters. The van der Waals surface area contributed by atoms with Gasteiger partial charge in [0.05, 0.1) is 16.6 Å². The molecule has 0 radical (unpaired) electrons. The van der Waals surface area contributed by atoms with E-state index in [1.165, 1.54) is 0 Å². The molecule has 2 aromatic rings. The Morgan fingerprint density at radius 3 is 2.67 bits per heavy atom. The van der Waals surface area contributed by atoms with E-state index in [0.29, 0.717) is 13.0 Å². The van der Waals surface area contributed by atoms with Crippen LogP contribution in [0.2, 0.25) is 0 Å². The van der Waals surface area contributed by atoms with E-state index in [1.807, 2.05) is 44.2 Å². The molecule has 0 fully saturated rings. The highest BCUT2D eigenvalue weighted by atomic mass is 35.5. The van der Waals surface area contributed by atoms with Crippen LogP contribution in [0.3, 0.4) is 0 Å². The van der Waals surface area contributed by atoms with Crippen LogP contribution in [-0.2, 0) is 4.79 Å². The number of nitrogens with zero attached hydrogens (tertiary/aromatic N) is 1. The average molecular weight is 326 g/mol. The zero-order chi connectivity index (χ0) is 14.5. The molecule has 114 valence electrons. The fourth-order valence-corrected chi connectivity index (χ4v) is 3.10. The fraction of sp³-hybridized carbons (Fsp3) is 0.333. The van der Waals surface area contributed by atoms with Gasteiger partial charge in [0.2, 0.25) is 5.91 Å². The van der Waals surface area contributed by atoms with Crippen LogP contribution in [0, 0.1) is 6.92 Å². The minimum absolute atomic E-state index is 0. The van der Waals surface area contributed by atoms with Crippen LogP contribution < -0.4 is 11.1 Å². The molecule has 1 heterocycles. The number of rotatable bonds is 5. The van der Waals surface area contributed by atoms with Crippen molar-refractivity contribution in [3.05, 3.63) is 40.9 Å². The van der Waals surface area contributed by atoms with E-state index in [4.69, 9.17) is 5.73 Å². The van der Waals surface area contributed by atoms with Gasteiger partial charge in [-0.25, -0.2) is 4.98 Å². The maximum absolute atomic E-state index is 11.6.